The van der Waals surface area contributed by atoms with Gasteiger partial charge in [-0.05, 0) is 30.9 Å². The molecule has 1 aromatic heterocycles. The molecule has 26 heavy (non-hydrogen) atoms. The van der Waals surface area contributed by atoms with Crippen LogP contribution in [0, 0.1) is 5.92 Å². The Kier molecular flexibility index (Phi) is 4.84. The van der Waals surface area contributed by atoms with Gasteiger partial charge in [0.15, 0.2) is 0 Å². The number of amides is 1. The number of H-pyrrole nitrogens is 1. The van der Waals surface area contributed by atoms with Gasteiger partial charge in [-0.1, -0.05) is 24.3 Å². The average molecular weight is 352 g/mol. The molecule has 6 nitrogen and oxygen atoms in total. The van der Waals surface area contributed by atoms with E-state index in [-0.39, 0.29) is 11.5 Å². The molecular formula is C20H24N4O2. The minimum atomic E-state index is -0.0935. The van der Waals surface area contributed by atoms with Crippen LogP contribution in [0.1, 0.15) is 25.1 Å². The molecule has 1 aliphatic heterocycles. The molecule has 2 aromatic rings. The molecule has 0 radical (unpaired) electrons. The number of aromatic amines is 1. The lowest BCUT2D eigenvalue weighted by molar-refractivity contribution is -0.133. The number of para-hydroxylation sites is 1. The van der Waals surface area contributed by atoms with Gasteiger partial charge in [-0.15, -0.1) is 0 Å². The summed E-state index contributed by atoms with van der Waals surface area (Å²) in [6.07, 6.45) is 7.19. The fourth-order valence-corrected chi connectivity index (χ4v) is 3.80. The Morgan fingerprint density at radius 2 is 2.00 bits per heavy atom. The second-order valence-electron chi connectivity index (χ2n) is 7.16. The van der Waals surface area contributed by atoms with Crippen molar-refractivity contribution >= 4 is 16.8 Å². The number of aromatic nitrogens is 2. The van der Waals surface area contributed by atoms with Crippen LogP contribution in [0.5, 0.6) is 0 Å². The van der Waals surface area contributed by atoms with Crippen LogP contribution in [-0.4, -0.2) is 51.9 Å². The smallest absolute Gasteiger partial charge is 0.258 e. The van der Waals surface area contributed by atoms with Crippen LogP contribution in [0.3, 0.4) is 0 Å². The summed E-state index contributed by atoms with van der Waals surface area (Å²) in [4.78, 5) is 36.3. The van der Waals surface area contributed by atoms with Crippen LogP contribution in [0.4, 0.5) is 0 Å². The lowest BCUT2D eigenvalue weighted by atomic mass is 10.0. The van der Waals surface area contributed by atoms with Crippen LogP contribution in [0.2, 0.25) is 0 Å². The zero-order chi connectivity index (χ0) is 17.9. The number of allylic oxidation sites excluding steroid dienone is 2. The summed E-state index contributed by atoms with van der Waals surface area (Å²) in [5, 5.41) is 0.618. The predicted octanol–water partition coefficient (Wildman–Crippen LogP) is 1.92. The zero-order valence-corrected chi connectivity index (χ0v) is 14.9. The van der Waals surface area contributed by atoms with Crippen LogP contribution < -0.4 is 5.56 Å². The van der Waals surface area contributed by atoms with E-state index in [1.54, 1.807) is 6.07 Å². The molecule has 0 saturated carbocycles. The molecule has 136 valence electrons. The summed E-state index contributed by atoms with van der Waals surface area (Å²) < 4.78 is 0. The molecule has 1 atom stereocenters. The highest BCUT2D eigenvalue weighted by Gasteiger charge is 2.24. The first-order chi connectivity index (χ1) is 12.7. The molecule has 1 aromatic carbocycles. The third-order valence-electron chi connectivity index (χ3n) is 5.31. The standard InChI is InChI=1S/C20H24N4O2/c25-19(13-15-5-1-2-6-15)24-11-9-23(10-12-24)14-18-21-17-8-4-3-7-16(17)20(26)22-18/h1,3-5,7-8,15H,2,6,9-14H2,(H,21,22,26). The molecule has 1 unspecified atom stereocenters. The Balaban J connectivity index is 1.34. The van der Waals surface area contributed by atoms with E-state index in [4.69, 9.17) is 0 Å². The normalized spacial score (nSPS) is 20.8. The third-order valence-corrected chi connectivity index (χ3v) is 5.31. The molecule has 0 spiro atoms. The summed E-state index contributed by atoms with van der Waals surface area (Å²) in [6.45, 7) is 3.71. The highest BCUT2D eigenvalue weighted by Crippen LogP contribution is 2.21. The second kappa shape index (κ2) is 7.41. The monoisotopic (exact) mass is 352 g/mol. The van der Waals surface area contributed by atoms with Crippen LogP contribution in [0.25, 0.3) is 10.9 Å². The Labute approximate surface area is 152 Å². The largest absolute Gasteiger partial charge is 0.340 e. The van der Waals surface area contributed by atoms with Gasteiger partial charge >= 0.3 is 0 Å². The quantitative estimate of drug-likeness (QED) is 0.854. The van der Waals surface area contributed by atoms with Crippen molar-refractivity contribution in [2.45, 2.75) is 25.8 Å². The Hall–Kier alpha value is -2.47. The third kappa shape index (κ3) is 3.70. The van der Waals surface area contributed by atoms with E-state index in [1.807, 2.05) is 23.1 Å². The molecule has 2 aliphatic rings. The number of hydrogen-bond donors (Lipinski definition) is 1. The maximum absolute atomic E-state index is 12.4. The van der Waals surface area contributed by atoms with Gasteiger partial charge in [0.1, 0.15) is 5.82 Å². The summed E-state index contributed by atoms with van der Waals surface area (Å²) in [5.74, 6) is 1.37. The predicted molar refractivity (Wildman–Crippen MR) is 101 cm³/mol. The van der Waals surface area contributed by atoms with Gasteiger partial charge in [0.2, 0.25) is 5.91 Å². The molecule has 1 saturated heterocycles. The summed E-state index contributed by atoms with van der Waals surface area (Å²) in [5.41, 5.74) is 0.633. The van der Waals surface area contributed by atoms with Gasteiger partial charge in [-0.3, -0.25) is 14.5 Å². The van der Waals surface area contributed by atoms with E-state index < -0.39 is 0 Å². The van der Waals surface area contributed by atoms with Crippen LogP contribution in [0.15, 0.2) is 41.2 Å². The van der Waals surface area contributed by atoms with Gasteiger partial charge in [-0.25, -0.2) is 4.98 Å². The minimum absolute atomic E-state index is 0.0935. The fourth-order valence-electron chi connectivity index (χ4n) is 3.80. The first-order valence-corrected chi connectivity index (χ1v) is 9.34. The Morgan fingerprint density at radius 3 is 2.77 bits per heavy atom. The van der Waals surface area contributed by atoms with Crippen molar-refractivity contribution in [1.82, 2.24) is 19.8 Å². The number of piperazine rings is 1. The first kappa shape index (κ1) is 17.0. The number of benzene rings is 1. The first-order valence-electron chi connectivity index (χ1n) is 9.34. The van der Waals surface area contributed by atoms with Gasteiger partial charge < -0.3 is 9.88 Å². The van der Waals surface area contributed by atoms with E-state index in [0.717, 1.165) is 44.5 Å². The van der Waals surface area contributed by atoms with Crippen molar-refractivity contribution in [2.75, 3.05) is 26.2 Å². The van der Waals surface area contributed by atoms with Gasteiger partial charge in [-0.2, -0.15) is 0 Å². The minimum Gasteiger partial charge on any atom is -0.340 e. The van der Waals surface area contributed by atoms with Crippen molar-refractivity contribution in [1.29, 1.82) is 0 Å². The van der Waals surface area contributed by atoms with Crippen molar-refractivity contribution in [3.63, 3.8) is 0 Å². The average Bonchev–Trinajstić information content (AvgIpc) is 3.15. The molecule has 2 heterocycles. The van der Waals surface area contributed by atoms with Gasteiger partial charge in [0.05, 0.1) is 17.4 Å². The lowest BCUT2D eigenvalue weighted by Gasteiger charge is -2.34. The summed E-state index contributed by atoms with van der Waals surface area (Å²) in [7, 11) is 0. The maximum Gasteiger partial charge on any atom is 0.258 e. The van der Waals surface area contributed by atoms with Crippen molar-refractivity contribution in [3.8, 4) is 0 Å². The molecule has 4 rings (SSSR count). The summed E-state index contributed by atoms with van der Waals surface area (Å²) >= 11 is 0. The van der Waals surface area contributed by atoms with E-state index in [1.165, 1.54) is 0 Å². The number of carbonyl (C=O) groups excluding carboxylic acids is 1. The number of hydrogen-bond acceptors (Lipinski definition) is 4. The lowest BCUT2D eigenvalue weighted by Crippen LogP contribution is -2.48. The molecule has 0 bridgehead atoms. The molecular weight excluding hydrogens is 328 g/mol. The van der Waals surface area contributed by atoms with Crippen molar-refractivity contribution < 1.29 is 4.79 Å². The summed E-state index contributed by atoms with van der Waals surface area (Å²) in [6, 6.07) is 7.38. The number of carbonyl (C=O) groups is 1. The number of nitrogens with one attached hydrogen (secondary N) is 1. The molecule has 1 N–H and O–H groups in total. The Morgan fingerprint density at radius 1 is 1.19 bits per heavy atom. The van der Waals surface area contributed by atoms with Gasteiger partial charge in [0, 0.05) is 32.6 Å². The molecule has 1 amide bonds. The topological polar surface area (TPSA) is 69.3 Å². The van der Waals surface area contributed by atoms with E-state index in [2.05, 4.69) is 27.0 Å². The van der Waals surface area contributed by atoms with Crippen molar-refractivity contribution in [2.24, 2.45) is 5.92 Å². The number of fused-ring (bicyclic) bond motifs is 1. The van der Waals surface area contributed by atoms with Crippen LogP contribution in [-0.2, 0) is 11.3 Å². The maximum atomic E-state index is 12.4. The highest BCUT2D eigenvalue weighted by molar-refractivity contribution is 5.77. The molecule has 1 fully saturated rings. The van der Waals surface area contributed by atoms with E-state index in [9.17, 15) is 9.59 Å². The van der Waals surface area contributed by atoms with E-state index in [0.29, 0.717) is 30.1 Å². The van der Waals surface area contributed by atoms with E-state index >= 15 is 0 Å². The molecule has 6 heteroatoms. The second-order valence-corrected chi connectivity index (χ2v) is 7.16. The highest BCUT2D eigenvalue weighted by atomic mass is 16.2. The van der Waals surface area contributed by atoms with Crippen LogP contribution >= 0.6 is 0 Å². The molecule has 1 aliphatic carbocycles. The van der Waals surface area contributed by atoms with Crippen molar-refractivity contribution in [3.05, 3.63) is 52.6 Å². The number of nitrogens with zero attached hydrogens (tertiary/aromatic N) is 3. The SMILES string of the molecule is O=C(CC1C=CCC1)N1CCN(Cc2nc3ccccc3c(=O)[nH]2)CC1. The fraction of sp³-hybridized carbons (Fsp3) is 0.450. The zero-order valence-electron chi connectivity index (χ0n) is 14.9. The Bertz CT molecular complexity index is 881. The number of rotatable bonds is 4. The van der Waals surface area contributed by atoms with Gasteiger partial charge in [0.25, 0.3) is 5.56 Å².